The number of carbonyl (C=O) groups is 1. The Morgan fingerprint density at radius 3 is 2.16 bits per heavy atom. The van der Waals surface area contributed by atoms with E-state index in [1.165, 1.54) is 18.2 Å². The van der Waals surface area contributed by atoms with Crippen LogP contribution in [0, 0.1) is 11.6 Å². The van der Waals surface area contributed by atoms with Crippen molar-refractivity contribution in [2.24, 2.45) is 0 Å². The molecule has 132 valence electrons. The highest BCUT2D eigenvalue weighted by Gasteiger charge is 2.39. The minimum atomic E-state index is -1.61. The average Bonchev–Trinajstić information content (AvgIpc) is 2.57. The van der Waals surface area contributed by atoms with Gasteiger partial charge in [0.1, 0.15) is 17.4 Å². The molecule has 0 aromatic heterocycles. The Morgan fingerprint density at radius 1 is 1.04 bits per heavy atom. The van der Waals surface area contributed by atoms with Crippen LogP contribution in [0.25, 0.3) is 0 Å². The molecule has 6 heteroatoms. The van der Waals surface area contributed by atoms with Gasteiger partial charge in [0.2, 0.25) is 5.91 Å². The molecular formula is C19H19F2NO3. The van der Waals surface area contributed by atoms with Gasteiger partial charge in [-0.1, -0.05) is 18.2 Å². The molecule has 3 rings (SSSR count). The molecule has 1 aliphatic rings. The Hall–Kier alpha value is -2.47. The van der Waals surface area contributed by atoms with Gasteiger partial charge >= 0.3 is 0 Å². The zero-order valence-electron chi connectivity index (χ0n) is 13.6. The molecule has 25 heavy (non-hydrogen) atoms. The smallest absolute Gasteiger partial charge is 0.226 e. The molecule has 1 fully saturated rings. The highest BCUT2D eigenvalue weighted by molar-refractivity contribution is 5.79. The summed E-state index contributed by atoms with van der Waals surface area (Å²) < 4.78 is 27.9. The van der Waals surface area contributed by atoms with Crippen LogP contribution in [0.2, 0.25) is 0 Å². The maximum Gasteiger partial charge on any atom is 0.226 e. The van der Waals surface area contributed by atoms with Gasteiger partial charge in [-0.05, 0) is 42.7 Å². The standard InChI is InChI=1S/C19H19F2NO3/c20-15-2-1-3-16(21)18(15)19(25)8-10-22(11-9-19)17(24)12-13-4-6-14(23)7-5-13/h1-7,23,25H,8-12H2. The Kier molecular flexibility index (Phi) is 4.72. The second kappa shape index (κ2) is 6.80. The van der Waals surface area contributed by atoms with Crippen LogP contribution in [-0.2, 0) is 16.8 Å². The molecule has 2 aromatic carbocycles. The van der Waals surface area contributed by atoms with Gasteiger partial charge in [0.25, 0.3) is 0 Å². The van der Waals surface area contributed by atoms with Crippen molar-refractivity contribution >= 4 is 5.91 Å². The van der Waals surface area contributed by atoms with E-state index >= 15 is 0 Å². The predicted octanol–water partition coefficient (Wildman–Crippen LogP) is 2.72. The van der Waals surface area contributed by atoms with Gasteiger partial charge in [-0.15, -0.1) is 0 Å². The van der Waals surface area contributed by atoms with E-state index in [0.29, 0.717) is 0 Å². The first-order valence-electron chi connectivity index (χ1n) is 8.11. The predicted molar refractivity (Wildman–Crippen MR) is 87.9 cm³/mol. The number of likely N-dealkylation sites (tertiary alicyclic amines) is 1. The summed E-state index contributed by atoms with van der Waals surface area (Å²) in [4.78, 5) is 14.0. The number of benzene rings is 2. The largest absolute Gasteiger partial charge is 0.508 e. The van der Waals surface area contributed by atoms with Crippen LogP contribution in [0.5, 0.6) is 5.75 Å². The van der Waals surface area contributed by atoms with Gasteiger partial charge in [0, 0.05) is 13.1 Å². The summed E-state index contributed by atoms with van der Waals surface area (Å²) >= 11 is 0. The number of nitrogens with zero attached hydrogens (tertiary/aromatic N) is 1. The van der Waals surface area contributed by atoms with Crippen molar-refractivity contribution < 1.29 is 23.8 Å². The van der Waals surface area contributed by atoms with Crippen molar-refractivity contribution in [2.45, 2.75) is 24.9 Å². The van der Waals surface area contributed by atoms with Gasteiger partial charge in [0.15, 0.2) is 0 Å². The number of phenols is 1. The molecule has 0 spiro atoms. The first kappa shape index (κ1) is 17.4. The number of phenolic OH excluding ortho intramolecular Hbond substituents is 1. The molecule has 1 heterocycles. The van der Waals surface area contributed by atoms with Crippen LogP contribution in [0.1, 0.15) is 24.0 Å². The van der Waals surface area contributed by atoms with Crippen LogP contribution in [-0.4, -0.2) is 34.1 Å². The Bertz CT molecular complexity index is 748. The molecule has 4 nitrogen and oxygen atoms in total. The van der Waals surface area contributed by atoms with E-state index in [9.17, 15) is 23.8 Å². The van der Waals surface area contributed by atoms with Crippen molar-refractivity contribution in [1.29, 1.82) is 0 Å². The lowest BCUT2D eigenvalue weighted by molar-refractivity contribution is -0.135. The normalized spacial score (nSPS) is 16.7. The van der Waals surface area contributed by atoms with Crippen LogP contribution in [0.4, 0.5) is 8.78 Å². The van der Waals surface area contributed by atoms with Crippen molar-refractivity contribution in [2.75, 3.05) is 13.1 Å². The first-order chi connectivity index (χ1) is 11.9. The van der Waals surface area contributed by atoms with Crippen LogP contribution in [0.3, 0.4) is 0 Å². The van der Waals surface area contributed by atoms with Crippen LogP contribution in [0.15, 0.2) is 42.5 Å². The van der Waals surface area contributed by atoms with Gasteiger partial charge in [-0.25, -0.2) is 8.78 Å². The molecule has 0 unspecified atom stereocenters. The highest BCUT2D eigenvalue weighted by Crippen LogP contribution is 2.36. The number of halogens is 2. The number of aromatic hydroxyl groups is 1. The average molecular weight is 347 g/mol. The number of hydrogen-bond acceptors (Lipinski definition) is 3. The van der Waals surface area contributed by atoms with E-state index in [1.807, 2.05) is 0 Å². The Labute approximate surface area is 144 Å². The molecule has 0 aliphatic carbocycles. The van der Waals surface area contributed by atoms with Gasteiger partial charge in [-0.3, -0.25) is 4.79 Å². The molecular weight excluding hydrogens is 328 g/mol. The van der Waals surface area contributed by atoms with Gasteiger partial charge < -0.3 is 15.1 Å². The summed E-state index contributed by atoms with van der Waals surface area (Å²) in [6.45, 7) is 0.447. The maximum atomic E-state index is 14.0. The lowest BCUT2D eigenvalue weighted by Crippen LogP contribution is -2.46. The Balaban J connectivity index is 1.67. The fraction of sp³-hybridized carbons (Fsp3) is 0.316. The molecule has 2 N–H and O–H groups in total. The summed E-state index contributed by atoms with van der Waals surface area (Å²) in [6, 6.07) is 9.87. The number of piperidine rings is 1. The summed E-state index contributed by atoms with van der Waals surface area (Å²) in [5.41, 5.74) is -1.16. The molecule has 1 amide bonds. The van der Waals surface area contributed by atoms with E-state index in [2.05, 4.69) is 0 Å². The monoisotopic (exact) mass is 347 g/mol. The fourth-order valence-electron chi connectivity index (χ4n) is 3.22. The molecule has 0 radical (unpaired) electrons. The van der Waals surface area contributed by atoms with Crippen LogP contribution >= 0.6 is 0 Å². The van der Waals surface area contributed by atoms with E-state index in [0.717, 1.165) is 17.7 Å². The Morgan fingerprint density at radius 2 is 1.60 bits per heavy atom. The topological polar surface area (TPSA) is 60.8 Å². The van der Waals surface area contributed by atoms with E-state index in [-0.39, 0.29) is 49.6 Å². The summed E-state index contributed by atoms with van der Waals surface area (Å²) in [7, 11) is 0. The number of aliphatic hydroxyl groups is 1. The summed E-state index contributed by atoms with van der Waals surface area (Å²) in [5.74, 6) is -1.54. The summed E-state index contributed by atoms with van der Waals surface area (Å²) in [5, 5.41) is 19.9. The van der Waals surface area contributed by atoms with Crippen molar-refractivity contribution in [1.82, 2.24) is 4.90 Å². The van der Waals surface area contributed by atoms with E-state index in [1.54, 1.807) is 17.0 Å². The molecule has 2 aromatic rings. The molecule has 0 bridgehead atoms. The lowest BCUT2D eigenvalue weighted by atomic mass is 9.83. The second-order valence-electron chi connectivity index (χ2n) is 6.35. The second-order valence-corrected chi connectivity index (χ2v) is 6.35. The minimum absolute atomic E-state index is 0.0756. The number of amides is 1. The van der Waals surface area contributed by atoms with Crippen LogP contribution < -0.4 is 0 Å². The van der Waals surface area contributed by atoms with E-state index in [4.69, 9.17) is 0 Å². The fourth-order valence-corrected chi connectivity index (χ4v) is 3.22. The molecule has 0 saturated carbocycles. The van der Waals surface area contributed by atoms with Crippen molar-refractivity contribution in [3.8, 4) is 5.75 Å². The lowest BCUT2D eigenvalue weighted by Gasteiger charge is -2.38. The van der Waals surface area contributed by atoms with E-state index < -0.39 is 17.2 Å². The summed E-state index contributed by atoms with van der Waals surface area (Å²) in [6.07, 6.45) is 0.325. The third kappa shape index (κ3) is 3.64. The minimum Gasteiger partial charge on any atom is -0.508 e. The highest BCUT2D eigenvalue weighted by atomic mass is 19.1. The number of carbonyl (C=O) groups excluding carboxylic acids is 1. The first-order valence-corrected chi connectivity index (χ1v) is 8.11. The number of rotatable bonds is 3. The quantitative estimate of drug-likeness (QED) is 0.898. The van der Waals surface area contributed by atoms with Gasteiger partial charge in [0.05, 0.1) is 17.6 Å². The number of hydrogen-bond donors (Lipinski definition) is 2. The zero-order chi connectivity index (χ0) is 18.0. The molecule has 1 saturated heterocycles. The maximum absolute atomic E-state index is 14.0. The zero-order valence-corrected chi connectivity index (χ0v) is 13.6. The molecule has 0 atom stereocenters. The SMILES string of the molecule is O=C(Cc1ccc(O)cc1)N1CCC(O)(c2c(F)cccc2F)CC1. The van der Waals surface area contributed by atoms with Gasteiger partial charge in [-0.2, -0.15) is 0 Å². The molecule has 1 aliphatic heterocycles. The third-order valence-electron chi connectivity index (χ3n) is 4.66. The third-order valence-corrected chi connectivity index (χ3v) is 4.66. The van der Waals surface area contributed by atoms with Crippen molar-refractivity contribution in [3.05, 3.63) is 65.2 Å². The van der Waals surface area contributed by atoms with Crippen molar-refractivity contribution in [3.63, 3.8) is 0 Å².